The van der Waals surface area contributed by atoms with E-state index < -0.39 is 5.97 Å². The number of carboxylic acids is 1. The first kappa shape index (κ1) is 15.0. The van der Waals surface area contributed by atoms with Crippen LogP contribution in [0.25, 0.3) is 0 Å². The molecule has 0 bridgehead atoms. The van der Waals surface area contributed by atoms with E-state index in [1.807, 2.05) is 6.92 Å². The van der Waals surface area contributed by atoms with Crippen LogP contribution in [0.15, 0.2) is 0 Å². The fourth-order valence-electron chi connectivity index (χ4n) is 2.62. The van der Waals surface area contributed by atoms with Crippen molar-refractivity contribution >= 4 is 11.9 Å². The maximum absolute atomic E-state index is 12.3. The molecule has 1 aliphatic carbocycles. The summed E-state index contributed by atoms with van der Waals surface area (Å²) in [6, 6.07) is 0. The van der Waals surface area contributed by atoms with Crippen molar-refractivity contribution in [2.75, 3.05) is 19.7 Å². The summed E-state index contributed by atoms with van der Waals surface area (Å²) >= 11 is 0. The zero-order valence-electron chi connectivity index (χ0n) is 11.0. The molecular weight excluding hydrogens is 234 g/mol. The van der Waals surface area contributed by atoms with E-state index in [0.717, 1.165) is 19.3 Å². The van der Waals surface area contributed by atoms with Gasteiger partial charge in [-0.25, -0.2) is 0 Å². The van der Waals surface area contributed by atoms with Crippen LogP contribution in [-0.2, 0) is 9.59 Å². The Morgan fingerprint density at radius 1 is 1.22 bits per heavy atom. The summed E-state index contributed by atoms with van der Waals surface area (Å²) in [5, 5.41) is 18.0. The van der Waals surface area contributed by atoms with E-state index in [1.165, 1.54) is 0 Å². The number of carbonyl (C=O) groups excluding carboxylic acids is 1. The molecule has 18 heavy (non-hydrogen) atoms. The lowest BCUT2D eigenvalue weighted by Crippen LogP contribution is -2.41. The van der Waals surface area contributed by atoms with Gasteiger partial charge in [0, 0.05) is 19.0 Å². The molecule has 0 saturated heterocycles. The van der Waals surface area contributed by atoms with Gasteiger partial charge in [0.2, 0.25) is 5.91 Å². The SMILES string of the molecule is CCCN(CCO)C(=O)C1CCCC(C(=O)O)C1. The van der Waals surface area contributed by atoms with Crippen molar-refractivity contribution in [1.82, 2.24) is 4.90 Å². The molecule has 0 aliphatic heterocycles. The summed E-state index contributed by atoms with van der Waals surface area (Å²) in [5.74, 6) is -1.35. The van der Waals surface area contributed by atoms with Gasteiger partial charge in [0.25, 0.3) is 0 Å². The Hall–Kier alpha value is -1.10. The lowest BCUT2D eigenvalue weighted by Gasteiger charge is -2.31. The number of rotatable bonds is 6. The zero-order chi connectivity index (χ0) is 13.5. The molecule has 2 unspecified atom stereocenters. The Kier molecular flexibility index (Phi) is 6.12. The molecule has 1 rings (SSSR count). The van der Waals surface area contributed by atoms with Crippen molar-refractivity contribution in [2.24, 2.45) is 11.8 Å². The van der Waals surface area contributed by atoms with E-state index in [1.54, 1.807) is 4.90 Å². The lowest BCUT2D eigenvalue weighted by molar-refractivity contribution is -0.145. The molecular formula is C13H23NO4. The number of aliphatic hydroxyl groups excluding tert-OH is 1. The average Bonchev–Trinajstić information content (AvgIpc) is 2.38. The summed E-state index contributed by atoms with van der Waals surface area (Å²) in [6.07, 6.45) is 3.54. The van der Waals surface area contributed by atoms with Crippen molar-refractivity contribution in [2.45, 2.75) is 39.0 Å². The first-order chi connectivity index (χ1) is 8.60. The van der Waals surface area contributed by atoms with Gasteiger partial charge in [0.1, 0.15) is 0 Å². The predicted molar refractivity (Wildman–Crippen MR) is 67.0 cm³/mol. The zero-order valence-corrected chi connectivity index (χ0v) is 11.0. The van der Waals surface area contributed by atoms with E-state index in [2.05, 4.69) is 0 Å². The topological polar surface area (TPSA) is 77.8 Å². The van der Waals surface area contributed by atoms with E-state index in [9.17, 15) is 9.59 Å². The minimum Gasteiger partial charge on any atom is -0.481 e. The van der Waals surface area contributed by atoms with Gasteiger partial charge in [0.05, 0.1) is 12.5 Å². The van der Waals surface area contributed by atoms with Crippen LogP contribution in [0.4, 0.5) is 0 Å². The maximum atomic E-state index is 12.3. The van der Waals surface area contributed by atoms with Crippen LogP contribution in [0, 0.1) is 11.8 Å². The Morgan fingerprint density at radius 2 is 1.89 bits per heavy atom. The third kappa shape index (κ3) is 3.98. The minimum absolute atomic E-state index is 0.0110. The molecule has 2 N–H and O–H groups in total. The van der Waals surface area contributed by atoms with Gasteiger partial charge in [-0.1, -0.05) is 13.3 Å². The number of nitrogens with zero attached hydrogens (tertiary/aromatic N) is 1. The highest BCUT2D eigenvalue weighted by Gasteiger charge is 2.32. The monoisotopic (exact) mass is 257 g/mol. The van der Waals surface area contributed by atoms with Crippen LogP contribution in [0.5, 0.6) is 0 Å². The van der Waals surface area contributed by atoms with Gasteiger partial charge >= 0.3 is 5.97 Å². The lowest BCUT2D eigenvalue weighted by atomic mass is 9.80. The summed E-state index contributed by atoms with van der Waals surface area (Å²) in [6.45, 7) is 2.92. The van der Waals surface area contributed by atoms with Crippen molar-refractivity contribution in [3.05, 3.63) is 0 Å². The first-order valence-corrected chi connectivity index (χ1v) is 6.72. The Bertz CT molecular complexity index is 287. The molecule has 5 heteroatoms. The van der Waals surface area contributed by atoms with Crippen molar-refractivity contribution < 1.29 is 19.8 Å². The number of hydrogen-bond donors (Lipinski definition) is 2. The highest BCUT2D eigenvalue weighted by atomic mass is 16.4. The Morgan fingerprint density at radius 3 is 2.44 bits per heavy atom. The Labute approximate surface area is 108 Å². The molecule has 0 spiro atoms. The molecule has 0 aromatic rings. The highest BCUT2D eigenvalue weighted by molar-refractivity contribution is 5.80. The summed E-state index contributed by atoms with van der Waals surface area (Å²) in [5.41, 5.74) is 0. The van der Waals surface area contributed by atoms with E-state index >= 15 is 0 Å². The Balaban J connectivity index is 2.60. The molecule has 0 aromatic heterocycles. The smallest absolute Gasteiger partial charge is 0.306 e. The molecule has 0 heterocycles. The molecule has 1 fully saturated rings. The second-order valence-corrected chi connectivity index (χ2v) is 4.95. The van der Waals surface area contributed by atoms with Crippen LogP contribution in [0.3, 0.4) is 0 Å². The van der Waals surface area contributed by atoms with Gasteiger partial charge in [-0.15, -0.1) is 0 Å². The molecule has 1 aliphatic rings. The summed E-state index contributed by atoms with van der Waals surface area (Å²) in [7, 11) is 0. The molecule has 1 amide bonds. The predicted octanol–water partition coefficient (Wildman–Crippen LogP) is 1.11. The van der Waals surface area contributed by atoms with Crippen LogP contribution in [-0.4, -0.2) is 46.7 Å². The first-order valence-electron chi connectivity index (χ1n) is 6.72. The van der Waals surface area contributed by atoms with Crippen molar-refractivity contribution in [3.63, 3.8) is 0 Å². The maximum Gasteiger partial charge on any atom is 0.306 e. The standard InChI is InChI=1S/C13H23NO4/c1-2-6-14(7-8-15)12(16)10-4-3-5-11(9-10)13(17)18/h10-11,15H,2-9H2,1H3,(H,17,18). The third-order valence-corrected chi connectivity index (χ3v) is 3.55. The summed E-state index contributed by atoms with van der Waals surface area (Å²) < 4.78 is 0. The number of carboxylic acid groups (broad SMARTS) is 1. The third-order valence-electron chi connectivity index (χ3n) is 3.55. The molecule has 5 nitrogen and oxygen atoms in total. The fraction of sp³-hybridized carbons (Fsp3) is 0.846. The second kappa shape index (κ2) is 7.36. The van der Waals surface area contributed by atoms with Gasteiger partial charge in [0.15, 0.2) is 0 Å². The van der Waals surface area contributed by atoms with Gasteiger partial charge < -0.3 is 15.1 Å². The molecule has 0 radical (unpaired) electrons. The molecule has 1 saturated carbocycles. The normalized spacial score (nSPS) is 23.7. The van der Waals surface area contributed by atoms with E-state index in [4.69, 9.17) is 10.2 Å². The average molecular weight is 257 g/mol. The van der Waals surface area contributed by atoms with E-state index in [-0.39, 0.29) is 24.3 Å². The number of aliphatic hydroxyl groups is 1. The van der Waals surface area contributed by atoms with Gasteiger partial charge in [-0.3, -0.25) is 9.59 Å². The quantitative estimate of drug-likeness (QED) is 0.747. The van der Waals surface area contributed by atoms with Gasteiger partial charge in [-0.05, 0) is 25.7 Å². The number of amides is 1. The largest absolute Gasteiger partial charge is 0.481 e. The van der Waals surface area contributed by atoms with Crippen LogP contribution in [0.1, 0.15) is 39.0 Å². The second-order valence-electron chi connectivity index (χ2n) is 4.95. The molecule has 2 atom stereocenters. The van der Waals surface area contributed by atoms with Crippen LogP contribution in [0.2, 0.25) is 0 Å². The molecule has 0 aromatic carbocycles. The van der Waals surface area contributed by atoms with Crippen molar-refractivity contribution in [3.8, 4) is 0 Å². The fourth-order valence-corrected chi connectivity index (χ4v) is 2.62. The van der Waals surface area contributed by atoms with Gasteiger partial charge in [-0.2, -0.15) is 0 Å². The van der Waals surface area contributed by atoms with Crippen LogP contribution < -0.4 is 0 Å². The minimum atomic E-state index is -0.795. The highest BCUT2D eigenvalue weighted by Crippen LogP contribution is 2.30. The number of hydrogen-bond acceptors (Lipinski definition) is 3. The van der Waals surface area contributed by atoms with E-state index in [0.29, 0.717) is 25.9 Å². The number of aliphatic carboxylic acids is 1. The molecule has 104 valence electrons. The van der Waals surface area contributed by atoms with Crippen LogP contribution >= 0.6 is 0 Å². The summed E-state index contributed by atoms with van der Waals surface area (Å²) in [4.78, 5) is 24.9. The number of carbonyl (C=O) groups is 2. The van der Waals surface area contributed by atoms with Crippen molar-refractivity contribution in [1.29, 1.82) is 0 Å².